The predicted molar refractivity (Wildman–Crippen MR) is 84.9 cm³/mol. The Morgan fingerprint density at radius 1 is 1.10 bits per heavy atom. The van der Waals surface area contributed by atoms with Gasteiger partial charge in [0.15, 0.2) is 0 Å². The van der Waals surface area contributed by atoms with E-state index in [0.29, 0.717) is 0 Å². The number of aryl methyl sites for hydroxylation is 1. The fraction of sp³-hybridized carbons (Fsp3) is 0.867. The number of nitrogens with two attached hydrogens (primary N) is 1. The lowest BCUT2D eigenvalue weighted by Gasteiger charge is -2.21. The Kier molecular flexibility index (Phi) is 7.12. The first kappa shape index (κ1) is 16.4. The van der Waals surface area contributed by atoms with Gasteiger partial charge >= 0.3 is 0 Å². The van der Waals surface area contributed by atoms with Gasteiger partial charge in [0.1, 0.15) is 12.2 Å². The highest BCUT2D eigenvalue weighted by molar-refractivity contribution is 4.85. The van der Waals surface area contributed by atoms with E-state index in [2.05, 4.69) is 26.8 Å². The Morgan fingerprint density at radius 3 is 2.71 bits per heavy atom. The van der Waals surface area contributed by atoms with Gasteiger partial charge in [-0.05, 0) is 51.9 Å². The van der Waals surface area contributed by atoms with Gasteiger partial charge < -0.3 is 10.6 Å². The monoisotopic (exact) mass is 294 g/mol. The second-order valence-electron chi connectivity index (χ2n) is 5.87. The molecule has 0 saturated carbocycles. The van der Waals surface area contributed by atoms with Crippen molar-refractivity contribution < 1.29 is 0 Å². The summed E-state index contributed by atoms with van der Waals surface area (Å²) in [5.74, 6) is 1.11. The molecule has 0 aliphatic carbocycles. The molecule has 1 aromatic heterocycles. The van der Waals surface area contributed by atoms with Crippen molar-refractivity contribution >= 4 is 0 Å². The standard InChI is InChI=1S/C15H30N6/c1-2-7-21-15(17-14-18-21)13-20-10-5-9-19(11-12-20)8-4-3-6-16/h14H,2-13,16H2,1H3. The summed E-state index contributed by atoms with van der Waals surface area (Å²) >= 11 is 0. The molecule has 0 radical (unpaired) electrons. The van der Waals surface area contributed by atoms with Crippen LogP contribution in [0.4, 0.5) is 0 Å². The molecule has 0 atom stereocenters. The molecule has 1 aliphatic heterocycles. The summed E-state index contributed by atoms with van der Waals surface area (Å²) in [7, 11) is 0. The van der Waals surface area contributed by atoms with E-state index in [4.69, 9.17) is 5.73 Å². The molecular weight excluding hydrogens is 264 g/mol. The average Bonchev–Trinajstić information content (AvgIpc) is 2.79. The van der Waals surface area contributed by atoms with Gasteiger partial charge in [0.25, 0.3) is 0 Å². The van der Waals surface area contributed by atoms with E-state index in [1.165, 1.54) is 25.9 Å². The molecule has 1 aromatic rings. The summed E-state index contributed by atoms with van der Waals surface area (Å²) in [6.07, 6.45) is 6.39. The number of nitrogens with zero attached hydrogens (tertiary/aromatic N) is 5. The number of unbranched alkanes of at least 4 members (excludes halogenated alkanes) is 1. The number of aromatic nitrogens is 3. The first-order valence-corrected chi connectivity index (χ1v) is 8.35. The molecule has 1 fully saturated rings. The highest BCUT2D eigenvalue weighted by Crippen LogP contribution is 2.08. The van der Waals surface area contributed by atoms with E-state index >= 15 is 0 Å². The summed E-state index contributed by atoms with van der Waals surface area (Å²) in [5, 5.41) is 4.32. The maximum Gasteiger partial charge on any atom is 0.141 e. The van der Waals surface area contributed by atoms with Crippen LogP contribution in [0.2, 0.25) is 0 Å². The van der Waals surface area contributed by atoms with Crippen LogP contribution in [-0.2, 0) is 13.1 Å². The molecule has 1 saturated heterocycles. The average molecular weight is 294 g/mol. The third-order valence-electron chi connectivity index (χ3n) is 4.11. The fourth-order valence-corrected chi connectivity index (χ4v) is 2.89. The Labute approximate surface area is 128 Å². The van der Waals surface area contributed by atoms with Gasteiger partial charge in [-0.15, -0.1) is 0 Å². The fourth-order valence-electron chi connectivity index (χ4n) is 2.89. The maximum absolute atomic E-state index is 5.57. The zero-order valence-electron chi connectivity index (χ0n) is 13.4. The lowest BCUT2D eigenvalue weighted by molar-refractivity contribution is 0.242. The van der Waals surface area contributed by atoms with Crippen LogP contribution in [-0.4, -0.2) is 63.8 Å². The molecule has 1 aliphatic rings. The summed E-state index contributed by atoms with van der Waals surface area (Å²) in [6, 6.07) is 0. The Balaban J connectivity index is 1.78. The number of hydrogen-bond acceptors (Lipinski definition) is 5. The third-order valence-corrected chi connectivity index (χ3v) is 4.11. The second kappa shape index (κ2) is 9.12. The van der Waals surface area contributed by atoms with Gasteiger partial charge in [-0.25, -0.2) is 9.67 Å². The van der Waals surface area contributed by atoms with Gasteiger partial charge in [-0.2, -0.15) is 5.10 Å². The van der Waals surface area contributed by atoms with E-state index in [-0.39, 0.29) is 0 Å². The van der Waals surface area contributed by atoms with Gasteiger partial charge in [0, 0.05) is 19.6 Å². The third kappa shape index (κ3) is 5.37. The van der Waals surface area contributed by atoms with Gasteiger partial charge in [-0.1, -0.05) is 6.92 Å². The van der Waals surface area contributed by atoms with E-state index in [0.717, 1.165) is 57.9 Å². The lowest BCUT2D eigenvalue weighted by Crippen LogP contribution is -2.32. The van der Waals surface area contributed by atoms with Crippen molar-refractivity contribution in [1.29, 1.82) is 0 Å². The van der Waals surface area contributed by atoms with E-state index in [1.807, 2.05) is 4.68 Å². The predicted octanol–water partition coefficient (Wildman–Crippen LogP) is 0.935. The van der Waals surface area contributed by atoms with Crippen LogP contribution < -0.4 is 5.73 Å². The first-order valence-electron chi connectivity index (χ1n) is 8.35. The molecule has 2 N–H and O–H groups in total. The smallest absolute Gasteiger partial charge is 0.141 e. The SMILES string of the molecule is CCCn1ncnc1CN1CCCN(CCCCN)CC1. The highest BCUT2D eigenvalue weighted by atomic mass is 15.3. The van der Waals surface area contributed by atoms with Crippen LogP contribution in [0.25, 0.3) is 0 Å². The molecular formula is C15H30N6. The Hall–Kier alpha value is -0.980. The maximum atomic E-state index is 5.57. The van der Waals surface area contributed by atoms with Crippen molar-refractivity contribution in [3.05, 3.63) is 12.2 Å². The minimum Gasteiger partial charge on any atom is -0.330 e. The molecule has 6 nitrogen and oxygen atoms in total. The topological polar surface area (TPSA) is 63.2 Å². The van der Waals surface area contributed by atoms with Crippen LogP contribution in [0.1, 0.15) is 38.4 Å². The van der Waals surface area contributed by atoms with Crippen LogP contribution in [0.15, 0.2) is 6.33 Å². The number of rotatable bonds is 8. The van der Waals surface area contributed by atoms with Crippen molar-refractivity contribution in [3.8, 4) is 0 Å². The molecule has 0 bridgehead atoms. The zero-order chi connectivity index (χ0) is 14.9. The van der Waals surface area contributed by atoms with Crippen molar-refractivity contribution in [3.63, 3.8) is 0 Å². The van der Waals surface area contributed by atoms with Gasteiger partial charge in [0.2, 0.25) is 0 Å². The molecule has 21 heavy (non-hydrogen) atoms. The van der Waals surface area contributed by atoms with Gasteiger partial charge in [0.05, 0.1) is 6.54 Å². The number of hydrogen-bond donors (Lipinski definition) is 1. The first-order chi connectivity index (χ1) is 10.3. The second-order valence-corrected chi connectivity index (χ2v) is 5.87. The van der Waals surface area contributed by atoms with Crippen molar-refractivity contribution in [2.45, 2.75) is 45.7 Å². The largest absolute Gasteiger partial charge is 0.330 e. The van der Waals surface area contributed by atoms with Crippen molar-refractivity contribution in [2.24, 2.45) is 5.73 Å². The highest BCUT2D eigenvalue weighted by Gasteiger charge is 2.16. The summed E-state index contributed by atoms with van der Waals surface area (Å²) in [6.45, 7) is 10.7. The minimum absolute atomic E-state index is 0.813. The molecule has 0 unspecified atom stereocenters. The van der Waals surface area contributed by atoms with Crippen LogP contribution >= 0.6 is 0 Å². The Bertz CT molecular complexity index is 391. The van der Waals surface area contributed by atoms with Crippen molar-refractivity contribution in [1.82, 2.24) is 24.6 Å². The molecule has 2 heterocycles. The van der Waals surface area contributed by atoms with Crippen LogP contribution in [0, 0.1) is 0 Å². The van der Waals surface area contributed by atoms with Crippen LogP contribution in [0.5, 0.6) is 0 Å². The van der Waals surface area contributed by atoms with Crippen molar-refractivity contribution in [2.75, 3.05) is 39.3 Å². The molecule has 0 aromatic carbocycles. The summed E-state index contributed by atoms with van der Waals surface area (Å²) in [5.41, 5.74) is 5.57. The summed E-state index contributed by atoms with van der Waals surface area (Å²) < 4.78 is 2.05. The van der Waals surface area contributed by atoms with Gasteiger partial charge in [-0.3, -0.25) is 4.90 Å². The summed E-state index contributed by atoms with van der Waals surface area (Å²) in [4.78, 5) is 9.51. The molecule has 120 valence electrons. The van der Waals surface area contributed by atoms with E-state index < -0.39 is 0 Å². The molecule has 0 spiro atoms. The molecule has 2 rings (SSSR count). The normalized spacial score (nSPS) is 18.0. The van der Waals surface area contributed by atoms with E-state index in [9.17, 15) is 0 Å². The van der Waals surface area contributed by atoms with Crippen LogP contribution in [0.3, 0.4) is 0 Å². The lowest BCUT2D eigenvalue weighted by atomic mass is 10.3. The minimum atomic E-state index is 0.813. The Morgan fingerprint density at radius 2 is 1.90 bits per heavy atom. The van der Waals surface area contributed by atoms with E-state index in [1.54, 1.807) is 6.33 Å². The molecule has 0 amide bonds. The zero-order valence-corrected chi connectivity index (χ0v) is 13.4. The quantitative estimate of drug-likeness (QED) is 0.723. The molecule has 6 heteroatoms.